The van der Waals surface area contributed by atoms with Gasteiger partial charge >= 0.3 is 0 Å². The Morgan fingerprint density at radius 1 is 1.24 bits per heavy atom. The normalized spacial score (nSPS) is 30.9. The Labute approximate surface area is 126 Å². The van der Waals surface area contributed by atoms with Crippen molar-refractivity contribution in [2.75, 3.05) is 6.54 Å². The Bertz CT molecular complexity index is 448. The van der Waals surface area contributed by atoms with Gasteiger partial charge in [-0.25, -0.2) is 0 Å². The summed E-state index contributed by atoms with van der Waals surface area (Å²) >= 11 is 0. The minimum Gasteiger partial charge on any atom is -0.393 e. The van der Waals surface area contributed by atoms with Gasteiger partial charge in [-0.3, -0.25) is 4.90 Å². The molecule has 1 aromatic rings. The van der Waals surface area contributed by atoms with Crippen LogP contribution in [-0.2, 0) is 13.0 Å². The Morgan fingerprint density at radius 3 is 2.90 bits per heavy atom. The molecule has 3 rings (SSSR count). The van der Waals surface area contributed by atoms with E-state index in [0.717, 1.165) is 56.9 Å². The highest BCUT2D eigenvalue weighted by Crippen LogP contribution is 2.35. The lowest BCUT2D eigenvalue weighted by molar-refractivity contribution is 0.0262. The Kier molecular flexibility index (Phi) is 4.91. The zero-order chi connectivity index (χ0) is 14.7. The third kappa shape index (κ3) is 3.46. The highest BCUT2D eigenvalue weighted by atomic mass is 16.5. The summed E-state index contributed by atoms with van der Waals surface area (Å²) < 4.78 is 5.39. The summed E-state index contributed by atoms with van der Waals surface area (Å²) in [6.07, 6.45) is 8.80. The van der Waals surface area contributed by atoms with Crippen LogP contribution in [0, 0.1) is 5.92 Å². The molecule has 2 heterocycles. The molecule has 0 amide bonds. The van der Waals surface area contributed by atoms with E-state index >= 15 is 0 Å². The van der Waals surface area contributed by atoms with Gasteiger partial charge in [0, 0.05) is 18.4 Å². The maximum atomic E-state index is 10.2. The zero-order valence-corrected chi connectivity index (χ0v) is 13.0. The number of aliphatic hydroxyl groups is 1. The predicted molar refractivity (Wildman–Crippen MR) is 79.7 cm³/mol. The number of aliphatic hydroxyl groups excluding tert-OH is 1. The van der Waals surface area contributed by atoms with Crippen LogP contribution in [0.2, 0.25) is 0 Å². The van der Waals surface area contributed by atoms with Crippen molar-refractivity contribution in [1.29, 1.82) is 0 Å². The van der Waals surface area contributed by atoms with Crippen molar-refractivity contribution >= 4 is 0 Å². The van der Waals surface area contributed by atoms with Crippen LogP contribution in [0.5, 0.6) is 0 Å². The lowest BCUT2D eigenvalue weighted by Crippen LogP contribution is -2.45. The van der Waals surface area contributed by atoms with Crippen molar-refractivity contribution in [2.24, 2.45) is 5.92 Å². The van der Waals surface area contributed by atoms with Crippen LogP contribution in [0.25, 0.3) is 0 Å². The van der Waals surface area contributed by atoms with E-state index in [1.54, 1.807) is 0 Å². The van der Waals surface area contributed by atoms with Crippen LogP contribution in [-0.4, -0.2) is 38.8 Å². The van der Waals surface area contributed by atoms with E-state index in [-0.39, 0.29) is 6.10 Å². The van der Waals surface area contributed by atoms with Crippen molar-refractivity contribution < 1.29 is 9.63 Å². The summed E-state index contributed by atoms with van der Waals surface area (Å²) in [5.41, 5.74) is 0. The SMILES string of the molecule is CCCc1noc(CN2CCCCC2C2CCCC2O)n1. The van der Waals surface area contributed by atoms with Crippen LogP contribution >= 0.6 is 0 Å². The highest BCUT2D eigenvalue weighted by Gasteiger charge is 2.37. The molecule has 2 fully saturated rings. The number of piperidine rings is 1. The summed E-state index contributed by atoms with van der Waals surface area (Å²) in [5, 5.41) is 14.3. The van der Waals surface area contributed by atoms with Gasteiger partial charge in [-0.1, -0.05) is 24.9 Å². The number of aryl methyl sites for hydroxylation is 1. The molecular formula is C16H27N3O2. The first-order chi connectivity index (χ1) is 10.3. The molecule has 1 saturated carbocycles. The van der Waals surface area contributed by atoms with Gasteiger partial charge in [0.1, 0.15) is 0 Å². The highest BCUT2D eigenvalue weighted by molar-refractivity contribution is 4.93. The van der Waals surface area contributed by atoms with E-state index in [1.165, 1.54) is 19.3 Å². The Morgan fingerprint density at radius 2 is 2.14 bits per heavy atom. The molecule has 3 atom stereocenters. The lowest BCUT2D eigenvalue weighted by atomic mass is 9.88. The van der Waals surface area contributed by atoms with E-state index < -0.39 is 0 Å². The topological polar surface area (TPSA) is 62.4 Å². The summed E-state index contributed by atoms with van der Waals surface area (Å²) in [6, 6.07) is 0.484. The van der Waals surface area contributed by atoms with E-state index in [0.29, 0.717) is 12.0 Å². The Hall–Kier alpha value is -0.940. The minimum absolute atomic E-state index is 0.117. The van der Waals surface area contributed by atoms with E-state index in [4.69, 9.17) is 4.52 Å². The molecule has 1 N–H and O–H groups in total. The number of likely N-dealkylation sites (tertiary alicyclic amines) is 1. The molecule has 1 aliphatic heterocycles. The van der Waals surface area contributed by atoms with Crippen LogP contribution in [0.3, 0.4) is 0 Å². The molecular weight excluding hydrogens is 266 g/mol. The first kappa shape index (κ1) is 15.0. The van der Waals surface area contributed by atoms with Crippen molar-refractivity contribution in [3.05, 3.63) is 11.7 Å². The van der Waals surface area contributed by atoms with Gasteiger partial charge in [-0.15, -0.1) is 0 Å². The van der Waals surface area contributed by atoms with Gasteiger partial charge in [-0.05, 0) is 38.6 Å². The number of hydrogen-bond donors (Lipinski definition) is 1. The Balaban J connectivity index is 1.65. The van der Waals surface area contributed by atoms with E-state index in [1.807, 2.05) is 0 Å². The van der Waals surface area contributed by atoms with Gasteiger partial charge in [0.05, 0.1) is 12.6 Å². The molecule has 118 valence electrons. The number of nitrogens with zero attached hydrogens (tertiary/aromatic N) is 3. The van der Waals surface area contributed by atoms with Crippen LogP contribution in [0.1, 0.15) is 63.6 Å². The minimum atomic E-state index is -0.117. The van der Waals surface area contributed by atoms with Gasteiger partial charge in [-0.2, -0.15) is 4.98 Å². The molecule has 2 aliphatic rings. The van der Waals surface area contributed by atoms with Crippen LogP contribution in [0.4, 0.5) is 0 Å². The predicted octanol–water partition coefficient (Wildman–Crippen LogP) is 2.54. The summed E-state index contributed by atoms with van der Waals surface area (Å²) in [5.74, 6) is 1.99. The van der Waals surface area contributed by atoms with Gasteiger partial charge in [0.15, 0.2) is 5.82 Å². The first-order valence-corrected chi connectivity index (χ1v) is 8.51. The van der Waals surface area contributed by atoms with E-state index in [9.17, 15) is 5.11 Å². The molecule has 5 nitrogen and oxygen atoms in total. The lowest BCUT2D eigenvalue weighted by Gasteiger charge is -2.39. The average molecular weight is 293 g/mol. The molecule has 0 bridgehead atoms. The molecule has 0 aromatic carbocycles. The van der Waals surface area contributed by atoms with E-state index in [2.05, 4.69) is 22.0 Å². The number of aromatic nitrogens is 2. The summed E-state index contributed by atoms with van der Waals surface area (Å²) in [7, 11) is 0. The smallest absolute Gasteiger partial charge is 0.240 e. The molecule has 5 heteroatoms. The average Bonchev–Trinajstić information content (AvgIpc) is 3.09. The fraction of sp³-hybridized carbons (Fsp3) is 0.875. The largest absolute Gasteiger partial charge is 0.393 e. The monoisotopic (exact) mass is 293 g/mol. The molecule has 1 aliphatic carbocycles. The maximum absolute atomic E-state index is 10.2. The maximum Gasteiger partial charge on any atom is 0.240 e. The molecule has 21 heavy (non-hydrogen) atoms. The third-order valence-corrected chi connectivity index (χ3v) is 5.01. The van der Waals surface area contributed by atoms with Gasteiger partial charge in [0.2, 0.25) is 5.89 Å². The quantitative estimate of drug-likeness (QED) is 0.904. The molecule has 0 spiro atoms. The summed E-state index contributed by atoms with van der Waals surface area (Å²) in [4.78, 5) is 6.96. The summed E-state index contributed by atoms with van der Waals surface area (Å²) in [6.45, 7) is 3.95. The second kappa shape index (κ2) is 6.88. The molecule has 1 saturated heterocycles. The fourth-order valence-corrected chi connectivity index (χ4v) is 3.97. The molecule has 1 aromatic heterocycles. The van der Waals surface area contributed by atoms with Crippen molar-refractivity contribution in [3.63, 3.8) is 0 Å². The fourth-order valence-electron chi connectivity index (χ4n) is 3.97. The van der Waals surface area contributed by atoms with Crippen molar-refractivity contribution in [1.82, 2.24) is 15.0 Å². The second-order valence-corrected chi connectivity index (χ2v) is 6.55. The number of rotatable bonds is 5. The molecule has 0 radical (unpaired) electrons. The standard InChI is InChI=1S/C16H27N3O2/c1-2-6-15-17-16(21-18-15)11-19-10-4-3-8-13(19)12-7-5-9-14(12)20/h12-14,20H,2-11H2,1H3. The number of hydrogen-bond acceptors (Lipinski definition) is 5. The van der Waals surface area contributed by atoms with Gasteiger partial charge < -0.3 is 9.63 Å². The zero-order valence-electron chi connectivity index (χ0n) is 13.0. The molecule has 3 unspecified atom stereocenters. The van der Waals surface area contributed by atoms with Crippen molar-refractivity contribution in [2.45, 2.75) is 77.0 Å². The van der Waals surface area contributed by atoms with Gasteiger partial charge in [0.25, 0.3) is 0 Å². The third-order valence-electron chi connectivity index (χ3n) is 5.01. The van der Waals surface area contributed by atoms with Crippen LogP contribution in [0.15, 0.2) is 4.52 Å². The second-order valence-electron chi connectivity index (χ2n) is 6.55. The van der Waals surface area contributed by atoms with Crippen LogP contribution < -0.4 is 0 Å². The van der Waals surface area contributed by atoms with Crippen molar-refractivity contribution in [3.8, 4) is 0 Å². The first-order valence-electron chi connectivity index (χ1n) is 8.51.